The van der Waals surface area contributed by atoms with Crippen LogP contribution in [-0.2, 0) is 6.42 Å². The fourth-order valence-electron chi connectivity index (χ4n) is 2.68. The van der Waals surface area contributed by atoms with Crippen molar-refractivity contribution in [3.63, 3.8) is 0 Å². The molecule has 0 aliphatic rings. The molecule has 100 valence electrons. The highest BCUT2D eigenvalue weighted by Gasteiger charge is 2.18. The molecule has 0 radical (unpaired) electrons. The molecule has 0 saturated heterocycles. The van der Waals surface area contributed by atoms with E-state index in [-0.39, 0.29) is 0 Å². The third kappa shape index (κ3) is 1.69. The van der Waals surface area contributed by atoms with Gasteiger partial charge >= 0.3 is 0 Å². The molecule has 0 atom stereocenters. The van der Waals surface area contributed by atoms with E-state index in [1.54, 1.807) is 0 Å². The Morgan fingerprint density at radius 3 is 2.80 bits per heavy atom. The molecule has 20 heavy (non-hydrogen) atoms. The zero-order valence-corrected chi connectivity index (χ0v) is 12.2. The number of nitrogens with zero attached hydrogens (tertiary/aromatic N) is 3. The lowest BCUT2D eigenvalue weighted by Gasteiger charge is -2.12. The second-order valence-electron chi connectivity index (χ2n) is 4.89. The van der Waals surface area contributed by atoms with Gasteiger partial charge in [0.05, 0.1) is 16.6 Å². The van der Waals surface area contributed by atoms with Gasteiger partial charge in [-0.3, -0.25) is 4.40 Å². The van der Waals surface area contributed by atoms with Gasteiger partial charge in [-0.1, -0.05) is 37.1 Å². The standard InChI is InChI=1S/C16H14ClN3/c1-3-6-11-10(2)12(9-18)16-19-13-7-4-5-8-14(13)20(16)15(11)17/h4-5,7-8H,3,6H2,1-2H3. The number of hydrogen-bond donors (Lipinski definition) is 0. The Morgan fingerprint density at radius 2 is 2.10 bits per heavy atom. The van der Waals surface area contributed by atoms with E-state index in [1.807, 2.05) is 35.6 Å². The van der Waals surface area contributed by atoms with Crippen LogP contribution in [0.25, 0.3) is 16.7 Å². The van der Waals surface area contributed by atoms with Gasteiger partial charge in [0.2, 0.25) is 0 Å². The summed E-state index contributed by atoms with van der Waals surface area (Å²) in [4.78, 5) is 4.56. The van der Waals surface area contributed by atoms with Gasteiger partial charge in [0.15, 0.2) is 5.65 Å². The lowest BCUT2D eigenvalue weighted by Crippen LogP contribution is -2.02. The van der Waals surface area contributed by atoms with Crippen LogP contribution < -0.4 is 0 Å². The van der Waals surface area contributed by atoms with E-state index in [1.165, 1.54) is 0 Å². The molecule has 3 rings (SSSR count). The summed E-state index contributed by atoms with van der Waals surface area (Å²) in [5.41, 5.74) is 5.06. The minimum atomic E-state index is 0.619. The molecule has 0 saturated carbocycles. The van der Waals surface area contributed by atoms with Gasteiger partial charge in [0, 0.05) is 0 Å². The van der Waals surface area contributed by atoms with Gasteiger partial charge in [-0.2, -0.15) is 5.26 Å². The number of pyridine rings is 1. The van der Waals surface area contributed by atoms with Gasteiger partial charge in [0.1, 0.15) is 11.2 Å². The molecule has 0 bridgehead atoms. The first-order chi connectivity index (χ1) is 9.69. The number of benzene rings is 1. The third-order valence-electron chi connectivity index (χ3n) is 3.67. The maximum Gasteiger partial charge on any atom is 0.157 e. The Kier molecular flexibility index (Phi) is 3.11. The van der Waals surface area contributed by atoms with E-state index in [0.29, 0.717) is 16.4 Å². The maximum absolute atomic E-state index is 9.48. The smallest absolute Gasteiger partial charge is 0.157 e. The number of nitriles is 1. The summed E-state index contributed by atoms with van der Waals surface area (Å²) in [5.74, 6) is 0. The molecular weight excluding hydrogens is 270 g/mol. The van der Waals surface area contributed by atoms with E-state index in [0.717, 1.165) is 35.0 Å². The van der Waals surface area contributed by atoms with Crippen molar-refractivity contribution >= 4 is 28.3 Å². The highest BCUT2D eigenvalue weighted by molar-refractivity contribution is 6.31. The molecule has 0 amide bonds. The Bertz CT molecular complexity index is 856. The van der Waals surface area contributed by atoms with E-state index >= 15 is 0 Å². The van der Waals surface area contributed by atoms with Crippen LogP contribution >= 0.6 is 11.6 Å². The fourth-order valence-corrected chi connectivity index (χ4v) is 3.08. The molecule has 2 heterocycles. The van der Waals surface area contributed by atoms with Crippen molar-refractivity contribution in [2.24, 2.45) is 0 Å². The summed E-state index contributed by atoms with van der Waals surface area (Å²) in [5, 5.41) is 10.2. The summed E-state index contributed by atoms with van der Waals surface area (Å²) in [6, 6.07) is 10.1. The molecular formula is C16H14ClN3. The summed E-state index contributed by atoms with van der Waals surface area (Å²) in [6.07, 6.45) is 1.85. The molecule has 0 aliphatic carbocycles. The van der Waals surface area contributed by atoms with Gasteiger partial charge in [-0.15, -0.1) is 0 Å². The van der Waals surface area contributed by atoms with Gasteiger partial charge in [-0.05, 0) is 36.6 Å². The highest BCUT2D eigenvalue weighted by atomic mass is 35.5. The maximum atomic E-state index is 9.48. The Morgan fingerprint density at radius 1 is 1.35 bits per heavy atom. The van der Waals surface area contributed by atoms with Crippen LogP contribution in [-0.4, -0.2) is 9.38 Å². The number of halogens is 1. The molecule has 0 aliphatic heterocycles. The van der Waals surface area contributed by atoms with Crippen LogP contribution in [0.4, 0.5) is 0 Å². The van der Waals surface area contributed by atoms with Crippen LogP contribution in [0.3, 0.4) is 0 Å². The van der Waals surface area contributed by atoms with Crippen LogP contribution in [0.2, 0.25) is 5.15 Å². The van der Waals surface area contributed by atoms with Crippen molar-refractivity contribution in [3.8, 4) is 6.07 Å². The van der Waals surface area contributed by atoms with E-state index in [2.05, 4.69) is 18.0 Å². The molecule has 0 unspecified atom stereocenters. The third-order valence-corrected chi connectivity index (χ3v) is 4.07. The lowest BCUT2D eigenvalue weighted by atomic mass is 10.0. The van der Waals surface area contributed by atoms with Crippen LogP contribution in [0.1, 0.15) is 30.0 Å². The fraction of sp³-hybridized carbons (Fsp3) is 0.250. The Labute approximate surface area is 122 Å². The topological polar surface area (TPSA) is 41.1 Å². The van der Waals surface area contributed by atoms with Crippen molar-refractivity contribution in [2.75, 3.05) is 0 Å². The highest BCUT2D eigenvalue weighted by Crippen LogP contribution is 2.31. The summed E-state index contributed by atoms with van der Waals surface area (Å²) < 4.78 is 1.90. The minimum absolute atomic E-state index is 0.619. The average Bonchev–Trinajstić information content (AvgIpc) is 2.83. The molecule has 0 N–H and O–H groups in total. The van der Waals surface area contributed by atoms with Crippen molar-refractivity contribution in [1.29, 1.82) is 5.26 Å². The zero-order valence-electron chi connectivity index (χ0n) is 11.4. The van der Waals surface area contributed by atoms with Crippen LogP contribution in [0, 0.1) is 18.3 Å². The predicted octanol–water partition coefficient (Wildman–Crippen LogP) is 4.27. The van der Waals surface area contributed by atoms with Gasteiger partial charge in [0.25, 0.3) is 0 Å². The first-order valence-electron chi connectivity index (χ1n) is 6.67. The zero-order chi connectivity index (χ0) is 14.3. The molecule has 3 nitrogen and oxygen atoms in total. The van der Waals surface area contributed by atoms with Crippen molar-refractivity contribution in [2.45, 2.75) is 26.7 Å². The van der Waals surface area contributed by atoms with E-state index < -0.39 is 0 Å². The molecule has 0 fully saturated rings. The lowest BCUT2D eigenvalue weighted by molar-refractivity contribution is 0.899. The number of hydrogen-bond acceptors (Lipinski definition) is 2. The van der Waals surface area contributed by atoms with E-state index in [4.69, 9.17) is 11.6 Å². The molecule has 1 aromatic carbocycles. The number of fused-ring (bicyclic) bond motifs is 3. The normalized spacial score (nSPS) is 11.1. The molecule has 3 aromatic rings. The predicted molar refractivity (Wildman–Crippen MR) is 81.2 cm³/mol. The van der Waals surface area contributed by atoms with Crippen molar-refractivity contribution in [3.05, 3.63) is 46.1 Å². The quantitative estimate of drug-likeness (QED) is 0.659. The van der Waals surface area contributed by atoms with Crippen LogP contribution in [0.15, 0.2) is 24.3 Å². The molecule has 2 aromatic heterocycles. The number of aromatic nitrogens is 2. The summed E-state index contributed by atoms with van der Waals surface area (Å²) in [7, 11) is 0. The van der Waals surface area contributed by atoms with Crippen molar-refractivity contribution in [1.82, 2.24) is 9.38 Å². The largest absolute Gasteiger partial charge is 0.281 e. The second-order valence-corrected chi connectivity index (χ2v) is 5.25. The van der Waals surface area contributed by atoms with Crippen LogP contribution in [0.5, 0.6) is 0 Å². The second kappa shape index (κ2) is 4.81. The first-order valence-corrected chi connectivity index (χ1v) is 7.05. The molecule has 4 heteroatoms. The average molecular weight is 284 g/mol. The SMILES string of the molecule is CCCc1c(C)c(C#N)c2nc3ccccc3n2c1Cl. The Hall–Kier alpha value is -2.05. The summed E-state index contributed by atoms with van der Waals surface area (Å²) in [6.45, 7) is 4.06. The van der Waals surface area contributed by atoms with Gasteiger partial charge in [-0.25, -0.2) is 4.98 Å². The summed E-state index contributed by atoms with van der Waals surface area (Å²) >= 11 is 6.59. The first kappa shape index (κ1) is 13.0. The minimum Gasteiger partial charge on any atom is -0.281 e. The monoisotopic (exact) mass is 283 g/mol. The van der Waals surface area contributed by atoms with E-state index in [9.17, 15) is 5.26 Å². The number of imidazole rings is 1. The van der Waals surface area contributed by atoms with Gasteiger partial charge < -0.3 is 0 Å². The van der Waals surface area contributed by atoms with Crippen molar-refractivity contribution < 1.29 is 0 Å². The number of para-hydroxylation sites is 2. The molecule has 0 spiro atoms. The Balaban J connectivity index is 2.56. The number of rotatable bonds is 2.